The van der Waals surface area contributed by atoms with Gasteiger partial charge in [-0.1, -0.05) is 28.8 Å². The number of hydrogen-bond acceptors (Lipinski definition) is 5. The summed E-state index contributed by atoms with van der Waals surface area (Å²) < 4.78 is 0. The predicted octanol–water partition coefficient (Wildman–Crippen LogP) is 2.40. The molecule has 7 heteroatoms. The molecule has 0 amide bonds. The summed E-state index contributed by atoms with van der Waals surface area (Å²) in [7, 11) is 0. The monoisotopic (exact) mass is 280 g/mol. The molecule has 4 nitrogen and oxygen atoms in total. The molecule has 0 aromatic heterocycles. The molecule has 0 fully saturated rings. The first-order chi connectivity index (χ1) is 7.63. The van der Waals surface area contributed by atoms with Crippen LogP contribution in [0.4, 0.5) is 0 Å². The van der Waals surface area contributed by atoms with E-state index in [1.165, 1.54) is 11.8 Å². The van der Waals surface area contributed by atoms with Gasteiger partial charge in [-0.3, -0.25) is 4.79 Å². The summed E-state index contributed by atoms with van der Waals surface area (Å²) in [6.45, 7) is 0. The van der Waals surface area contributed by atoms with Crippen LogP contribution in [0.1, 0.15) is 6.42 Å². The van der Waals surface area contributed by atoms with E-state index in [1.807, 2.05) is 11.7 Å². The fraction of sp³-hybridized carbons (Fsp3) is 0.222. The van der Waals surface area contributed by atoms with Gasteiger partial charge in [-0.2, -0.15) is 0 Å². The lowest BCUT2D eigenvalue weighted by Gasteiger charge is -2.03. The number of thioether (sulfide) groups is 1. The number of rotatable bonds is 5. The van der Waals surface area contributed by atoms with Crippen LogP contribution in [0.5, 0.6) is 0 Å². The van der Waals surface area contributed by atoms with Crippen molar-refractivity contribution in [3.8, 4) is 0 Å². The number of halogens is 2. The van der Waals surface area contributed by atoms with Gasteiger partial charge in [0.2, 0.25) is 0 Å². The second kappa shape index (κ2) is 6.98. The highest BCUT2D eigenvalue weighted by molar-refractivity contribution is 7.99. The molecular weight excluding hydrogens is 271 g/mol. The van der Waals surface area contributed by atoms with Gasteiger partial charge in [0.25, 0.3) is 0 Å². The Labute approximate surface area is 107 Å². The fourth-order valence-electron chi connectivity index (χ4n) is 0.936. The largest absolute Gasteiger partial charge is 0.356 e. The van der Waals surface area contributed by atoms with Crippen LogP contribution >= 0.6 is 35.0 Å². The van der Waals surface area contributed by atoms with E-state index in [0.717, 1.165) is 4.90 Å². The molecule has 0 radical (unpaired) electrons. The molecule has 16 heavy (non-hydrogen) atoms. The summed E-state index contributed by atoms with van der Waals surface area (Å²) in [5.41, 5.74) is 1.84. The molecule has 0 aliphatic rings. The van der Waals surface area contributed by atoms with Crippen LogP contribution in [0.3, 0.4) is 0 Å². The molecule has 0 heterocycles. The SMILES string of the molecule is NNOC(=O)CCSc1ccc(Cl)c(Cl)c1. The van der Waals surface area contributed by atoms with Crippen LogP contribution < -0.4 is 11.4 Å². The quantitative estimate of drug-likeness (QED) is 0.493. The van der Waals surface area contributed by atoms with E-state index >= 15 is 0 Å². The lowest BCUT2D eigenvalue weighted by atomic mass is 10.4. The zero-order valence-electron chi connectivity index (χ0n) is 8.20. The van der Waals surface area contributed by atoms with E-state index < -0.39 is 5.97 Å². The highest BCUT2D eigenvalue weighted by atomic mass is 35.5. The van der Waals surface area contributed by atoms with Crippen molar-refractivity contribution < 1.29 is 9.63 Å². The lowest BCUT2D eigenvalue weighted by Crippen LogP contribution is -2.26. The average Bonchev–Trinajstić information content (AvgIpc) is 2.24. The molecule has 0 aliphatic carbocycles. The number of carbonyl (C=O) groups excluding carboxylic acids is 1. The van der Waals surface area contributed by atoms with Crippen molar-refractivity contribution in [3.05, 3.63) is 28.2 Å². The second-order valence-corrected chi connectivity index (χ2v) is 4.75. The lowest BCUT2D eigenvalue weighted by molar-refractivity contribution is -0.150. The highest BCUT2D eigenvalue weighted by Crippen LogP contribution is 2.28. The smallest absolute Gasteiger partial charge is 0.327 e. The molecule has 1 aromatic rings. The average molecular weight is 281 g/mol. The molecule has 0 bridgehead atoms. The van der Waals surface area contributed by atoms with Gasteiger partial charge in [0.1, 0.15) is 0 Å². The molecule has 3 N–H and O–H groups in total. The number of carbonyl (C=O) groups is 1. The molecule has 0 saturated heterocycles. The van der Waals surface area contributed by atoms with E-state index in [1.54, 1.807) is 12.1 Å². The first-order valence-electron chi connectivity index (χ1n) is 4.36. The van der Waals surface area contributed by atoms with Crippen LogP contribution in [0.15, 0.2) is 23.1 Å². The standard InChI is InChI=1S/C9H10Cl2N2O2S/c10-7-2-1-6(5-8(7)11)16-4-3-9(14)15-13-12/h1-2,5,13H,3-4,12H2. The van der Waals surface area contributed by atoms with Gasteiger partial charge >= 0.3 is 5.97 Å². The molecule has 0 saturated carbocycles. The fourth-order valence-corrected chi connectivity index (χ4v) is 2.17. The van der Waals surface area contributed by atoms with E-state index in [-0.39, 0.29) is 6.42 Å². The number of benzene rings is 1. The Morgan fingerprint density at radius 3 is 2.81 bits per heavy atom. The Balaban J connectivity index is 2.37. The van der Waals surface area contributed by atoms with Gasteiger partial charge in [-0.15, -0.1) is 11.8 Å². The first-order valence-corrected chi connectivity index (χ1v) is 6.10. The van der Waals surface area contributed by atoms with Crippen molar-refractivity contribution in [3.63, 3.8) is 0 Å². The maximum absolute atomic E-state index is 10.9. The van der Waals surface area contributed by atoms with Gasteiger partial charge in [-0.05, 0) is 18.2 Å². The van der Waals surface area contributed by atoms with Gasteiger partial charge in [0, 0.05) is 10.6 Å². The van der Waals surface area contributed by atoms with Crippen LogP contribution in [0.2, 0.25) is 10.0 Å². The third kappa shape index (κ3) is 4.59. The van der Waals surface area contributed by atoms with Crippen molar-refractivity contribution >= 4 is 40.9 Å². The van der Waals surface area contributed by atoms with E-state index in [9.17, 15) is 4.79 Å². The van der Waals surface area contributed by atoms with Gasteiger partial charge in [-0.25, -0.2) is 5.84 Å². The summed E-state index contributed by atoms with van der Waals surface area (Å²) >= 11 is 13.1. The Morgan fingerprint density at radius 2 is 2.19 bits per heavy atom. The third-order valence-corrected chi connectivity index (χ3v) is 3.37. The van der Waals surface area contributed by atoms with Crippen LogP contribution in [0, 0.1) is 0 Å². The number of nitrogens with one attached hydrogen (secondary N) is 1. The zero-order valence-corrected chi connectivity index (χ0v) is 10.5. The highest BCUT2D eigenvalue weighted by Gasteiger charge is 2.04. The minimum Gasteiger partial charge on any atom is -0.356 e. The van der Waals surface area contributed by atoms with Crippen molar-refractivity contribution in [2.24, 2.45) is 5.84 Å². The number of hydrogen-bond donors (Lipinski definition) is 2. The second-order valence-electron chi connectivity index (χ2n) is 2.77. The van der Waals surface area contributed by atoms with E-state index in [2.05, 4.69) is 4.84 Å². The first kappa shape index (κ1) is 13.6. The number of hydrazine groups is 1. The molecule has 88 valence electrons. The summed E-state index contributed by atoms with van der Waals surface area (Å²) in [5.74, 6) is 4.99. The Morgan fingerprint density at radius 1 is 1.44 bits per heavy atom. The Kier molecular flexibility index (Phi) is 5.94. The molecule has 0 atom stereocenters. The van der Waals surface area contributed by atoms with E-state index in [4.69, 9.17) is 29.0 Å². The normalized spacial score (nSPS) is 10.2. The van der Waals surface area contributed by atoms with Crippen LogP contribution in [0.25, 0.3) is 0 Å². The predicted molar refractivity (Wildman–Crippen MR) is 65.2 cm³/mol. The van der Waals surface area contributed by atoms with Crippen molar-refractivity contribution in [1.29, 1.82) is 0 Å². The summed E-state index contributed by atoms with van der Waals surface area (Å²) in [5, 5.41) is 1.01. The molecule has 1 aromatic carbocycles. The molecule has 0 unspecified atom stereocenters. The maximum atomic E-state index is 10.9. The molecule has 1 rings (SSSR count). The minimum atomic E-state index is -0.407. The number of nitrogens with two attached hydrogens (primary N) is 1. The zero-order chi connectivity index (χ0) is 12.0. The Hall–Kier alpha value is -0.460. The minimum absolute atomic E-state index is 0.259. The third-order valence-electron chi connectivity index (χ3n) is 1.64. The molecular formula is C9H10Cl2N2O2S. The van der Waals surface area contributed by atoms with Crippen LogP contribution in [-0.2, 0) is 9.63 Å². The topological polar surface area (TPSA) is 64.3 Å². The molecule has 0 aliphatic heterocycles. The van der Waals surface area contributed by atoms with Crippen molar-refractivity contribution in [2.75, 3.05) is 5.75 Å². The molecule has 0 spiro atoms. The van der Waals surface area contributed by atoms with Crippen molar-refractivity contribution in [1.82, 2.24) is 5.59 Å². The van der Waals surface area contributed by atoms with Crippen molar-refractivity contribution in [2.45, 2.75) is 11.3 Å². The maximum Gasteiger partial charge on any atom is 0.327 e. The van der Waals surface area contributed by atoms with Gasteiger partial charge in [0.15, 0.2) is 0 Å². The summed E-state index contributed by atoms with van der Waals surface area (Å²) in [6, 6.07) is 5.30. The van der Waals surface area contributed by atoms with Crippen LogP contribution in [-0.4, -0.2) is 11.7 Å². The summed E-state index contributed by atoms with van der Waals surface area (Å²) in [4.78, 5) is 16.2. The van der Waals surface area contributed by atoms with E-state index in [0.29, 0.717) is 15.8 Å². The van der Waals surface area contributed by atoms with Gasteiger partial charge in [0.05, 0.1) is 16.5 Å². The Bertz CT molecular complexity index is 377. The van der Waals surface area contributed by atoms with Gasteiger partial charge < -0.3 is 4.84 Å². The summed E-state index contributed by atoms with van der Waals surface area (Å²) in [6.07, 6.45) is 0.259.